The first-order valence-corrected chi connectivity index (χ1v) is 14.5. The number of ketones is 2. The van der Waals surface area contributed by atoms with E-state index in [0.717, 1.165) is 4.57 Å². The summed E-state index contributed by atoms with van der Waals surface area (Å²) in [5.74, 6) is -1.49. The van der Waals surface area contributed by atoms with Gasteiger partial charge in [-0.05, 0) is 38.0 Å². The Morgan fingerprint density at radius 3 is 2.27 bits per heavy atom. The lowest BCUT2D eigenvalue weighted by molar-refractivity contribution is -0.130. The SMILES string of the molecule is COc1cc(OC)c2c(c1Cl)OC1(C(=O)C3=C(CC1C)Nc1c(c(=O)n(C)c(=O)n1C)C3c1ccc(OC(C)C)cc1)C2=O. The van der Waals surface area contributed by atoms with Crippen molar-refractivity contribution in [3.05, 3.63) is 84.2 Å². The monoisotopic (exact) mass is 621 g/mol. The molecular formula is C32H32ClN3O8. The van der Waals surface area contributed by atoms with Crippen molar-refractivity contribution >= 4 is 29.0 Å². The van der Waals surface area contributed by atoms with Crippen molar-refractivity contribution in [2.75, 3.05) is 19.5 Å². The molecule has 1 aromatic heterocycles. The molecule has 230 valence electrons. The molecule has 1 aliphatic carbocycles. The average Bonchev–Trinajstić information content (AvgIpc) is 3.32. The largest absolute Gasteiger partial charge is 0.496 e. The van der Waals surface area contributed by atoms with Crippen LogP contribution in [0.25, 0.3) is 0 Å². The topological polar surface area (TPSA) is 127 Å². The molecule has 44 heavy (non-hydrogen) atoms. The number of aromatic nitrogens is 2. The molecule has 12 heteroatoms. The molecule has 3 atom stereocenters. The number of carbonyl (C=O) groups excluding carboxylic acids is 2. The fourth-order valence-corrected chi connectivity index (χ4v) is 6.80. The minimum atomic E-state index is -1.98. The van der Waals surface area contributed by atoms with Crippen molar-refractivity contribution in [1.29, 1.82) is 0 Å². The Bertz CT molecular complexity index is 1910. The zero-order chi connectivity index (χ0) is 31.8. The zero-order valence-corrected chi connectivity index (χ0v) is 26.1. The van der Waals surface area contributed by atoms with E-state index in [1.165, 1.54) is 31.9 Å². The minimum Gasteiger partial charge on any atom is -0.496 e. The molecule has 6 rings (SSSR count). The lowest BCUT2D eigenvalue weighted by Crippen LogP contribution is -2.58. The maximum absolute atomic E-state index is 14.9. The van der Waals surface area contributed by atoms with Crippen LogP contribution in [-0.4, -0.2) is 46.6 Å². The summed E-state index contributed by atoms with van der Waals surface area (Å²) in [6, 6.07) is 8.57. The number of allylic oxidation sites excluding steroid dienone is 1. The van der Waals surface area contributed by atoms with Crippen LogP contribution in [0.15, 0.2) is 51.2 Å². The van der Waals surface area contributed by atoms with Crippen LogP contribution in [0.3, 0.4) is 0 Å². The molecule has 2 aliphatic heterocycles. The highest BCUT2D eigenvalue weighted by atomic mass is 35.5. The minimum absolute atomic E-state index is 0.00586. The highest BCUT2D eigenvalue weighted by molar-refractivity contribution is 6.36. The summed E-state index contributed by atoms with van der Waals surface area (Å²) in [4.78, 5) is 56.0. The smallest absolute Gasteiger partial charge is 0.332 e. The van der Waals surface area contributed by atoms with Gasteiger partial charge in [-0.25, -0.2) is 4.79 Å². The first-order valence-electron chi connectivity index (χ1n) is 14.2. The molecule has 1 spiro atoms. The van der Waals surface area contributed by atoms with Crippen molar-refractivity contribution in [1.82, 2.24) is 9.13 Å². The summed E-state index contributed by atoms with van der Waals surface area (Å²) in [5.41, 5.74) is -1.50. The van der Waals surface area contributed by atoms with Gasteiger partial charge >= 0.3 is 5.69 Å². The van der Waals surface area contributed by atoms with Gasteiger partial charge in [0.1, 0.15) is 33.7 Å². The summed E-state index contributed by atoms with van der Waals surface area (Å²) in [7, 11) is 5.78. The van der Waals surface area contributed by atoms with Crippen LogP contribution in [-0.2, 0) is 18.9 Å². The number of carbonyl (C=O) groups is 2. The van der Waals surface area contributed by atoms with E-state index in [2.05, 4.69) is 5.32 Å². The Labute approximate surface area is 257 Å². The second kappa shape index (κ2) is 10.3. The third-order valence-corrected chi connectivity index (χ3v) is 9.02. The van der Waals surface area contributed by atoms with Crippen molar-refractivity contribution in [2.45, 2.75) is 44.8 Å². The fourth-order valence-electron chi connectivity index (χ4n) is 6.53. The molecule has 11 nitrogen and oxygen atoms in total. The molecule has 0 saturated carbocycles. The van der Waals surface area contributed by atoms with Gasteiger partial charge in [0.15, 0.2) is 5.75 Å². The van der Waals surface area contributed by atoms with E-state index >= 15 is 0 Å². The fraction of sp³-hybridized carbons (Fsp3) is 0.375. The maximum Gasteiger partial charge on any atom is 0.332 e. The standard InChI is InChI=1S/C32H32ClN3O8/c1-14(2)43-17-10-8-16(9-11-17)21-22-18(34-29-24(21)30(39)36(5)31(40)35(29)4)12-15(3)32(27(22)37)28(38)23-19(41-6)13-20(42-7)25(33)26(23)44-32/h8-11,13-15,21,34H,12H2,1-7H3. The van der Waals surface area contributed by atoms with Crippen LogP contribution in [0.2, 0.25) is 5.02 Å². The molecule has 0 bridgehead atoms. The molecule has 3 aromatic rings. The van der Waals surface area contributed by atoms with Gasteiger partial charge in [-0.3, -0.25) is 23.5 Å². The van der Waals surface area contributed by atoms with Crippen LogP contribution >= 0.6 is 11.6 Å². The Morgan fingerprint density at radius 1 is 1.00 bits per heavy atom. The average molecular weight is 622 g/mol. The maximum atomic E-state index is 14.9. The molecular weight excluding hydrogens is 590 g/mol. The number of anilines is 1. The highest BCUT2D eigenvalue weighted by Crippen LogP contribution is 2.56. The van der Waals surface area contributed by atoms with Crippen LogP contribution < -0.4 is 35.5 Å². The van der Waals surface area contributed by atoms with E-state index in [9.17, 15) is 19.2 Å². The van der Waals surface area contributed by atoms with Crippen LogP contribution in [0, 0.1) is 5.92 Å². The van der Waals surface area contributed by atoms with E-state index in [1.807, 2.05) is 13.8 Å². The molecule has 3 heterocycles. The molecule has 1 N–H and O–H groups in total. The Morgan fingerprint density at radius 2 is 1.66 bits per heavy atom. The number of rotatable bonds is 5. The number of ether oxygens (including phenoxy) is 4. The second-order valence-corrected chi connectivity index (χ2v) is 11.9. The third kappa shape index (κ3) is 3.94. The summed E-state index contributed by atoms with van der Waals surface area (Å²) in [6.07, 6.45) is 0.138. The Kier molecular flexibility index (Phi) is 6.92. The molecule has 0 fully saturated rings. The van der Waals surface area contributed by atoms with Gasteiger partial charge in [0.25, 0.3) is 5.56 Å². The van der Waals surface area contributed by atoms with Crippen molar-refractivity contribution < 1.29 is 28.5 Å². The Hall–Kier alpha value is -4.51. The van der Waals surface area contributed by atoms with Gasteiger partial charge in [-0.15, -0.1) is 0 Å². The highest BCUT2D eigenvalue weighted by Gasteiger charge is 2.63. The lowest BCUT2D eigenvalue weighted by atomic mass is 9.66. The van der Waals surface area contributed by atoms with Gasteiger partial charge in [0.2, 0.25) is 17.2 Å². The summed E-state index contributed by atoms with van der Waals surface area (Å²) in [6.45, 7) is 5.57. The molecule has 2 aromatic carbocycles. The molecule has 0 radical (unpaired) electrons. The number of hydrogen-bond donors (Lipinski definition) is 1. The zero-order valence-electron chi connectivity index (χ0n) is 25.4. The Balaban J connectivity index is 1.58. The first-order chi connectivity index (χ1) is 20.9. The van der Waals surface area contributed by atoms with E-state index in [-0.39, 0.29) is 57.3 Å². The van der Waals surface area contributed by atoms with Gasteiger partial charge in [-0.2, -0.15) is 0 Å². The van der Waals surface area contributed by atoms with Crippen LogP contribution in [0.5, 0.6) is 23.0 Å². The van der Waals surface area contributed by atoms with E-state index in [1.54, 1.807) is 38.2 Å². The second-order valence-electron chi connectivity index (χ2n) is 11.6. The quantitative estimate of drug-likeness (QED) is 0.421. The predicted octanol–water partition coefficient (Wildman–Crippen LogP) is 3.98. The van der Waals surface area contributed by atoms with Crippen molar-refractivity contribution in [3.63, 3.8) is 0 Å². The summed E-state index contributed by atoms with van der Waals surface area (Å²) >= 11 is 6.61. The predicted molar refractivity (Wildman–Crippen MR) is 163 cm³/mol. The van der Waals surface area contributed by atoms with Crippen molar-refractivity contribution in [3.8, 4) is 23.0 Å². The van der Waals surface area contributed by atoms with Gasteiger partial charge in [0.05, 0.1) is 25.9 Å². The van der Waals surface area contributed by atoms with E-state index in [0.29, 0.717) is 17.0 Å². The van der Waals surface area contributed by atoms with E-state index < -0.39 is 40.3 Å². The third-order valence-electron chi connectivity index (χ3n) is 8.66. The van der Waals surface area contributed by atoms with Crippen LogP contribution in [0.1, 0.15) is 54.6 Å². The normalized spacial score (nSPS) is 21.9. The molecule has 0 amide bonds. The number of nitrogens with one attached hydrogen (secondary N) is 1. The summed E-state index contributed by atoms with van der Waals surface area (Å²) in [5, 5.41) is 3.26. The number of benzene rings is 2. The number of halogens is 1. The molecule has 3 aliphatic rings. The van der Waals surface area contributed by atoms with Gasteiger partial charge in [0, 0.05) is 43.3 Å². The summed E-state index contributed by atoms with van der Waals surface area (Å²) < 4.78 is 25.4. The van der Waals surface area contributed by atoms with Gasteiger partial charge < -0.3 is 24.3 Å². The first kappa shape index (κ1) is 29.6. The number of fused-ring (bicyclic) bond motifs is 2. The molecule has 3 unspecified atom stereocenters. The van der Waals surface area contributed by atoms with Crippen LogP contribution in [0.4, 0.5) is 5.82 Å². The van der Waals surface area contributed by atoms with Gasteiger partial charge in [-0.1, -0.05) is 30.7 Å². The van der Waals surface area contributed by atoms with E-state index in [4.69, 9.17) is 30.5 Å². The molecule has 0 saturated heterocycles. The van der Waals surface area contributed by atoms with Crippen molar-refractivity contribution in [2.24, 2.45) is 20.0 Å². The number of hydrogen-bond acceptors (Lipinski definition) is 9. The number of Topliss-reactive ketones (excluding diaryl/α,β-unsaturated/α-hetero) is 2. The number of methoxy groups -OCH3 is 2. The number of nitrogens with zero attached hydrogens (tertiary/aromatic N) is 2. The lowest BCUT2D eigenvalue weighted by Gasteiger charge is -2.42.